The third kappa shape index (κ3) is 2.34. The molecular weight excluding hydrogens is 174 g/mol. The predicted octanol–water partition coefficient (Wildman–Crippen LogP) is 2.03. The monoisotopic (exact) mass is 193 g/mol. The van der Waals surface area contributed by atoms with Gasteiger partial charge in [0.05, 0.1) is 11.6 Å². The molecule has 0 aliphatic rings. The average Bonchev–Trinajstić information content (AvgIpc) is 2.07. The van der Waals surface area contributed by atoms with Crippen LogP contribution in [0.5, 0.6) is 0 Å². The smallest absolute Gasteiger partial charge is 0.0785 e. The van der Waals surface area contributed by atoms with Crippen LogP contribution >= 0.6 is 0 Å². The van der Waals surface area contributed by atoms with Crippen LogP contribution < -0.4 is 5.32 Å². The number of aliphatic hydroxyl groups is 1. The Kier molecular flexibility index (Phi) is 3.29. The van der Waals surface area contributed by atoms with Gasteiger partial charge in [0.15, 0.2) is 0 Å². The molecule has 1 aromatic rings. The molecule has 0 heterocycles. The van der Waals surface area contributed by atoms with Gasteiger partial charge in [-0.2, -0.15) is 0 Å². The third-order valence-corrected chi connectivity index (χ3v) is 2.49. The highest BCUT2D eigenvalue weighted by Crippen LogP contribution is 2.27. The molecule has 1 rings (SSSR count). The molecule has 0 aromatic heterocycles. The first-order chi connectivity index (χ1) is 6.46. The first kappa shape index (κ1) is 11.2. The molecule has 0 amide bonds. The average molecular weight is 193 g/mol. The maximum atomic E-state index is 9.99. The van der Waals surface area contributed by atoms with Gasteiger partial charge in [0.2, 0.25) is 0 Å². The SMILES string of the molecule is CNC(c1ccccc1C)C(C)(C)O. The van der Waals surface area contributed by atoms with E-state index in [0.717, 1.165) is 5.56 Å². The summed E-state index contributed by atoms with van der Waals surface area (Å²) < 4.78 is 0. The molecule has 1 unspecified atom stereocenters. The van der Waals surface area contributed by atoms with Crippen LogP contribution in [-0.2, 0) is 0 Å². The van der Waals surface area contributed by atoms with Crippen LogP contribution in [0.1, 0.15) is 31.0 Å². The minimum Gasteiger partial charge on any atom is -0.388 e. The molecule has 0 saturated heterocycles. The number of nitrogens with one attached hydrogen (secondary N) is 1. The Morgan fingerprint density at radius 2 is 1.86 bits per heavy atom. The minimum absolute atomic E-state index is 0.0244. The van der Waals surface area contributed by atoms with E-state index in [1.807, 2.05) is 33.0 Å². The predicted molar refractivity (Wildman–Crippen MR) is 59.3 cm³/mol. The standard InChI is InChI=1S/C12H19NO/c1-9-7-5-6-8-10(9)11(13-4)12(2,3)14/h5-8,11,13-14H,1-4H3. The van der Waals surface area contributed by atoms with E-state index in [-0.39, 0.29) is 6.04 Å². The molecule has 0 fully saturated rings. The molecule has 2 N–H and O–H groups in total. The topological polar surface area (TPSA) is 32.3 Å². The van der Waals surface area contributed by atoms with E-state index in [4.69, 9.17) is 0 Å². The maximum absolute atomic E-state index is 9.99. The van der Waals surface area contributed by atoms with Crippen molar-refractivity contribution in [1.82, 2.24) is 5.32 Å². The molecule has 0 aliphatic heterocycles. The molecule has 2 nitrogen and oxygen atoms in total. The van der Waals surface area contributed by atoms with Gasteiger partial charge >= 0.3 is 0 Å². The lowest BCUT2D eigenvalue weighted by Crippen LogP contribution is -2.37. The van der Waals surface area contributed by atoms with Crippen molar-refractivity contribution in [1.29, 1.82) is 0 Å². The van der Waals surface area contributed by atoms with Crippen LogP contribution in [0.2, 0.25) is 0 Å². The van der Waals surface area contributed by atoms with Crippen LogP contribution in [0, 0.1) is 6.92 Å². The zero-order valence-corrected chi connectivity index (χ0v) is 9.33. The number of likely N-dealkylation sites (N-methyl/N-ethyl adjacent to an activating group) is 1. The van der Waals surface area contributed by atoms with Gasteiger partial charge in [-0.3, -0.25) is 0 Å². The lowest BCUT2D eigenvalue weighted by Gasteiger charge is -2.30. The van der Waals surface area contributed by atoms with Gasteiger partial charge in [0.25, 0.3) is 0 Å². The molecule has 0 saturated carbocycles. The van der Waals surface area contributed by atoms with Gasteiger partial charge in [0, 0.05) is 0 Å². The van der Waals surface area contributed by atoms with E-state index in [0.29, 0.717) is 0 Å². The van der Waals surface area contributed by atoms with E-state index in [1.54, 1.807) is 0 Å². The molecule has 1 atom stereocenters. The summed E-state index contributed by atoms with van der Waals surface area (Å²) in [6.07, 6.45) is 0. The fraction of sp³-hybridized carbons (Fsp3) is 0.500. The highest BCUT2D eigenvalue weighted by Gasteiger charge is 2.27. The third-order valence-electron chi connectivity index (χ3n) is 2.49. The first-order valence-corrected chi connectivity index (χ1v) is 4.92. The minimum atomic E-state index is -0.749. The Morgan fingerprint density at radius 3 is 2.29 bits per heavy atom. The van der Waals surface area contributed by atoms with Crippen LogP contribution in [0.3, 0.4) is 0 Å². The van der Waals surface area contributed by atoms with Crippen LogP contribution in [0.4, 0.5) is 0 Å². The fourth-order valence-corrected chi connectivity index (χ4v) is 1.80. The van der Waals surface area contributed by atoms with Crippen molar-refractivity contribution in [3.63, 3.8) is 0 Å². The van der Waals surface area contributed by atoms with Crippen molar-refractivity contribution in [2.45, 2.75) is 32.4 Å². The van der Waals surface area contributed by atoms with Gasteiger partial charge in [-0.25, -0.2) is 0 Å². The van der Waals surface area contributed by atoms with Gasteiger partial charge in [-0.05, 0) is 38.9 Å². The van der Waals surface area contributed by atoms with E-state index in [1.165, 1.54) is 5.56 Å². The number of hydrogen-bond donors (Lipinski definition) is 2. The first-order valence-electron chi connectivity index (χ1n) is 4.92. The zero-order chi connectivity index (χ0) is 10.8. The van der Waals surface area contributed by atoms with Gasteiger partial charge in [-0.1, -0.05) is 24.3 Å². The summed E-state index contributed by atoms with van der Waals surface area (Å²) in [6.45, 7) is 5.70. The van der Waals surface area contributed by atoms with E-state index >= 15 is 0 Å². The second-order valence-corrected chi connectivity index (χ2v) is 4.23. The Balaban J connectivity index is 3.08. The van der Waals surface area contributed by atoms with Crippen LogP contribution in [0.15, 0.2) is 24.3 Å². The summed E-state index contributed by atoms with van der Waals surface area (Å²) in [5, 5.41) is 13.1. The summed E-state index contributed by atoms with van der Waals surface area (Å²) in [5.41, 5.74) is 1.61. The summed E-state index contributed by atoms with van der Waals surface area (Å²) in [4.78, 5) is 0. The molecule has 1 aromatic carbocycles. The summed E-state index contributed by atoms with van der Waals surface area (Å²) in [5.74, 6) is 0. The number of benzene rings is 1. The maximum Gasteiger partial charge on any atom is 0.0785 e. The Hall–Kier alpha value is -0.860. The fourth-order valence-electron chi connectivity index (χ4n) is 1.80. The number of aryl methyl sites for hydroxylation is 1. The van der Waals surface area contributed by atoms with Gasteiger partial charge in [0.1, 0.15) is 0 Å². The van der Waals surface area contributed by atoms with Gasteiger partial charge < -0.3 is 10.4 Å². The summed E-state index contributed by atoms with van der Waals surface area (Å²) >= 11 is 0. The molecule has 14 heavy (non-hydrogen) atoms. The van der Waals surface area contributed by atoms with Crippen molar-refractivity contribution in [2.75, 3.05) is 7.05 Å². The van der Waals surface area contributed by atoms with E-state index in [2.05, 4.69) is 24.4 Å². The van der Waals surface area contributed by atoms with E-state index < -0.39 is 5.60 Å². The van der Waals surface area contributed by atoms with Crippen molar-refractivity contribution >= 4 is 0 Å². The van der Waals surface area contributed by atoms with Crippen LogP contribution in [-0.4, -0.2) is 17.8 Å². The summed E-state index contributed by atoms with van der Waals surface area (Å²) in [6, 6.07) is 8.09. The Morgan fingerprint density at radius 1 is 1.29 bits per heavy atom. The van der Waals surface area contributed by atoms with Crippen molar-refractivity contribution < 1.29 is 5.11 Å². The van der Waals surface area contributed by atoms with Crippen molar-refractivity contribution in [2.24, 2.45) is 0 Å². The quantitative estimate of drug-likeness (QED) is 0.770. The molecule has 78 valence electrons. The second-order valence-electron chi connectivity index (χ2n) is 4.23. The van der Waals surface area contributed by atoms with Crippen molar-refractivity contribution in [3.8, 4) is 0 Å². The summed E-state index contributed by atoms with van der Waals surface area (Å²) in [7, 11) is 1.87. The molecule has 0 spiro atoms. The molecular formula is C12H19NO. The normalized spacial score (nSPS) is 14.1. The highest BCUT2D eigenvalue weighted by molar-refractivity contribution is 5.30. The molecule has 0 aliphatic carbocycles. The van der Waals surface area contributed by atoms with Crippen LogP contribution in [0.25, 0.3) is 0 Å². The number of hydrogen-bond acceptors (Lipinski definition) is 2. The van der Waals surface area contributed by atoms with E-state index in [9.17, 15) is 5.11 Å². The Bertz CT molecular complexity index is 301. The highest BCUT2D eigenvalue weighted by atomic mass is 16.3. The number of rotatable bonds is 3. The lowest BCUT2D eigenvalue weighted by atomic mass is 9.89. The zero-order valence-electron chi connectivity index (χ0n) is 9.33. The molecule has 2 heteroatoms. The van der Waals surface area contributed by atoms with Gasteiger partial charge in [-0.15, -0.1) is 0 Å². The largest absolute Gasteiger partial charge is 0.388 e. The lowest BCUT2D eigenvalue weighted by molar-refractivity contribution is 0.0398. The molecule has 0 radical (unpaired) electrons. The second kappa shape index (κ2) is 4.11. The van der Waals surface area contributed by atoms with Crippen molar-refractivity contribution in [3.05, 3.63) is 35.4 Å². The Labute approximate surface area is 86.0 Å². The molecule has 0 bridgehead atoms.